The molecule has 0 bridgehead atoms. The lowest BCUT2D eigenvalue weighted by molar-refractivity contribution is 0.214. The number of benzene rings is 2. The Morgan fingerprint density at radius 3 is 2.29 bits per heavy atom. The van der Waals surface area contributed by atoms with Crippen LogP contribution in [-0.4, -0.2) is 23.2 Å². The minimum atomic E-state index is 0.00461. The van der Waals surface area contributed by atoms with E-state index in [1.165, 1.54) is 27.8 Å². The number of rotatable bonds is 4. The standard InChI is InChI=1S/C24H32N2OS/c1-15(2)19-8-7-9-20(16(3)4)22(19)25-24(27)26-12-13-28-23(26)21-11-10-17(5)14-18(21)6/h7-11,14-16,23H,12-13H2,1-6H3,(H,25,27)/t23-/m1/s1. The van der Waals surface area contributed by atoms with Gasteiger partial charge >= 0.3 is 6.03 Å². The number of nitrogens with one attached hydrogen (secondary N) is 1. The molecule has 2 aromatic carbocycles. The molecule has 1 aliphatic rings. The molecule has 1 N–H and O–H groups in total. The van der Waals surface area contributed by atoms with Crippen LogP contribution in [0.5, 0.6) is 0 Å². The molecule has 0 aliphatic carbocycles. The fraction of sp³-hybridized carbons (Fsp3) is 0.458. The van der Waals surface area contributed by atoms with E-state index in [0.717, 1.165) is 18.0 Å². The van der Waals surface area contributed by atoms with Gasteiger partial charge in [0.25, 0.3) is 0 Å². The maximum atomic E-state index is 13.3. The SMILES string of the molecule is Cc1ccc([C@H]2SCCN2C(=O)Nc2c(C(C)C)cccc2C(C)C)c(C)c1. The lowest BCUT2D eigenvalue weighted by Gasteiger charge is -2.28. The summed E-state index contributed by atoms with van der Waals surface area (Å²) in [5.41, 5.74) is 7.15. The molecule has 0 unspecified atom stereocenters. The van der Waals surface area contributed by atoms with Crippen molar-refractivity contribution in [1.82, 2.24) is 4.90 Å². The topological polar surface area (TPSA) is 32.3 Å². The third-order valence-electron chi connectivity index (χ3n) is 5.45. The van der Waals surface area contributed by atoms with Gasteiger partial charge in [-0.05, 0) is 47.9 Å². The van der Waals surface area contributed by atoms with Gasteiger partial charge in [-0.2, -0.15) is 0 Å². The number of urea groups is 1. The van der Waals surface area contributed by atoms with Gasteiger partial charge in [0.2, 0.25) is 0 Å². The molecule has 1 saturated heterocycles. The van der Waals surface area contributed by atoms with E-state index in [1.807, 2.05) is 16.7 Å². The van der Waals surface area contributed by atoms with Gasteiger partial charge in [0.1, 0.15) is 5.37 Å². The van der Waals surface area contributed by atoms with Gasteiger partial charge in [-0.3, -0.25) is 0 Å². The van der Waals surface area contributed by atoms with E-state index in [4.69, 9.17) is 0 Å². The molecule has 0 aromatic heterocycles. The molecule has 0 saturated carbocycles. The predicted molar refractivity (Wildman–Crippen MR) is 121 cm³/mol. The normalized spacial score (nSPS) is 16.9. The van der Waals surface area contributed by atoms with Gasteiger partial charge in [-0.1, -0.05) is 69.7 Å². The Morgan fingerprint density at radius 2 is 1.71 bits per heavy atom. The van der Waals surface area contributed by atoms with Crippen molar-refractivity contribution in [3.05, 3.63) is 64.2 Å². The van der Waals surface area contributed by atoms with Crippen LogP contribution in [0, 0.1) is 13.8 Å². The van der Waals surface area contributed by atoms with Crippen LogP contribution in [-0.2, 0) is 0 Å². The molecule has 28 heavy (non-hydrogen) atoms. The number of nitrogens with zero attached hydrogens (tertiary/aromatic N) is 1. The van der Waals surface area contributed by atoms with Gasteiger partial charge in [0, 0.05) is 18.0 Å². The molecule has 1 heterocycles. The summed E-state index contributed by atoms with van der Waals surface area (Å²) < 4.78 is 0. The highest BCUT2D eigenvalue weighted by atomic mass is 32.2. The third kappa shape index (κ3) is 4.22. The number of hydrogen-bond acceptors (Lipinski definition) is 2. The minimum absolute atomic E-state index is 0.00461. The molecule has 150 valence electrons. The van der Waals surface area contributed by atoms with Crippen molar-refractivity contribution in [2.75, 3.05) is 17.6 Å². The van der Waals surface area contributed by atoms with Gasteiger partial charge in [-0.15, -0.1) is 11.8 Å². The quantitative estimate of drug-likeness (QED) is 0.614. The van der Waals surface area contributed by atoms with Crippen molar-refractivity contribution in [3.8, 4) is 0 Å². The monoisotopic (exact) mass is 396 g/mol. The van der Waals surface area contributed by atoms with E-state index < -0.39 is 0 Å². The number of para-hydroxylation sites is 1. The Kier molecular flexibility index (Phi) is 6.39. The van der Waals surface area contributed by atoms with Crippen LogP contribution >= 0.6 is 11.8 Å². The van der Waals surface area contributed by atoms with Crippen LogP contribution < -0.4 is 5.32 Å². The zero-order valence-corrected chi connectivity index (χ0v) is 18.7. The number of anilines is 1. The molecule has 0 radical (unpaired) electrons. The van der Waals surface area contributed by atoms with Gasteiger partial charge in [0.15, 0.2) is 0 Å². The first-order valence-electron chi connectivity index (χ1n) is 10.2. The summed E-state index contributed by atoms with van der Waals surface area (Å²) in [5.74, 6) is 1.68. The molecule has 1 aliphatic heterocycles. The second kappa shape index (κ2) is 8.60. The Bertz CT molecular complexity index is 833. The Balaban J connectivity index is 1.90. The van der Waals surface area contributed by atoms with Crippen LogP contribution in [0.3, 0.4) is 0 Å². The summed E-state index contributed by atoms with van der Waals surface area (Å²) in [6, 6.07) is 12.9. The van der Waals surface area contributed by atoms with E-state index in [2.05, 4.69) is 83.3 Å². The summed E-state index contributed by atoms with van der Waals surface area (Å²) in [7, 11) is 0. The Hall–Kier alpha value is -1.94. The van der Waals surface area contributed by atoms with E-state index in [1.54, 1.807) is 0 Å². The molecule has 3 rings (SSSR count). The van der Waals surface area contributed by atoms with Crippen molar-refractivity contribution in [3.63, 3.8) is 0 Å². The molecular formula is C24H32N2OS. The van der Waals surface area contributed by atoms with Crippen molar-refractivity contribution in [2.45, 2.75) is 58.8 Å². The first-order chi connectivity index (χ1) is 13.3. The fourth-order valence-corrected chi connectivity index (χ4v) is 5.26. The lowest BCUT2D eigenvalue weighted by atomic mass is 9.93. The van der Waals surface area contributed by atoms with Crippen molar-refractivity contribution >= 4 is 23.5 Å². The highest BCUT2D eigenvalue weighted by Crippen LogP contribution is 2.40. The predicted octanol–water partition coefficient (Wildman–Crippen LogP) is 6.83. The molecule has 2 aromatic rings. The molecule has 1 atom stereocenters. The summed E-state index contributed by atoms with van der Waals surface area (Å²) in [6.45, 7) is 13.7. The molecule has 3 nitrogen and oxygen atoms in total. The molecule has 0 spiro atoms. The zero-order chi connectivity index (χ0) is 20.4. The fourth-order valence-electron chi connectivity index (χ4n) is 3.91. The van der Waals surface area contributed by atoms with Crippen LogP contribution in [0.1, 0.15) is 72.7 Å². The van der Waals surface area contributed by atoms with Crippen molar-refractivity contribution in [2.24, 2.45) is 0 Å². The number of aryl methyl sites for hydroxylation is 2. The second-order valence-electron chi connectivity index (χ2n) is 8.33. The lowest BCUT2D eigenvalue weighted by Crippen LogP contribution is -2.35. The molecule has 1 fully saturated rings. The minimum Gasteiger partial charge on any atom is -0.308 e. The number of carbonyl (C=O) groups excluding carboxylic acids is 1. The third-order valence-corrected chi connectivity index (χ3v) is 6.69. The largest absolute Gasteiger partial charge is 0.323 e. The maximum Gasteiger partial charge on any atom is 0.323 e. The summed E-state index contributed by atoms with van der Waals surface area (Å²) >= 11 is 1.85. The van der Waals surface area contributed by atoms with Gasteiger partial charge in [0.05, 0.1) is 0 Å². The van der Waals surface area contributed by atoms with E-state index >= 15 is 0 Å². The van der Waals surface area contributed by atoms with E-state index in [0.29, 0.717) is 11.8 Å². The summed E-state index contributed by atoms with van der Waals surface area (Å²) in [4.78, 5) is 15.3. The number of carbonyl (C=O) groups is 1. The zero-order valence-electron chi connectivity index (χ0n) is 17.9. The number of thioether (sulfide) groups is 1. The van der Waals surface area contributed by atoms with E-state index in [-0.39, 0.29) is 11.4 Å². The smallest absolute Gasteiger partial charge is 0.308 e. The molecular weight excluding hydrogens is 364 g/mol. The number of hydrogen-bond donors (Lipinski definition) is 1. The highest BCUT2D eigenvalue weighted by molar-refractivity contribution is 7.99. The summed E-state index contributed by atoms with van der Waals surface area (Å²) in [5, 5.41) is 3.37. The van der Waals surface area contributed by atoms with Crippen LogP contribution in [0.25, 0.3) is 0 Å². The Labute approximate surface area is 173 Å². The maximum absolute atomic E-state index is 13.3. The number of amides is 2. The summed E-state index contributed by atoms with van der Waals surface area (Å²) in [6.07, 6.45) is 0. The van der Waals surface area contributed by atoms with Crippen molar-refractivity contribution < 1.29 is 4.79 Å². The Morgan fingerprint density at radius 1 is 1.07 bits per heavy atom. The molecule has 4 heteroatoms. The van der Waals surface area contributed by atoms with Crippen LogP contribution in [0.15, 0.2) is 36.4 Å². The van der Waals surface area contributed by atoms with Gasteiger partial charge < -0.3 is 10.2 Å². The average molecular weight is 397 g/mol. The first-order valence-corrected chi connectivity index (χ1v) is 11.2. The highest BCUT2D eigenvalue weighted by Gasteiger charge is 2.32. The van der Waals surface area contributed by atoms with Gasteiger partial charge in [-0.25, -0.2) is 4.79 Å². The van der Waals surface area contributed by atoms with Crippen LogP contribution in [0.4, 0.5) is 10.5 Å². The van der Waals surface area contributed by atoms with E-state index in [9.17, 15) is 4.79 Å². The molecule has 2 amide bonds. The van der Waals surface area contributed by atoms with Crippen molar-refractivity contribution in [1.29, 1.82) is 0 Å². The second-order valence-corrected chi connectivity index (χ2v) is 9.52. The van der Waals surface area contributed by atoms with Crippen LogP contribution in [0.2, 0.25) is 0 Å². The average Bonchev–Trinajstić information content (AvgIpc) is 3.11. The first kappa shape index (κ1) is 20.8.